The van der Waals surface area contributed by atoms with Crippen molar-refractivity contribution in [2.45, 2.75) is 19.9 Å². The molecule has 0 radical (unpaired) electrons. The van der Waals surface area contributed by atoms with Crippen molar-refractivity contribution in [3.05, 3.63) is 35.7 Å². The Morgan fingerprint density at radius 1 is 1.33 bits per heavy atom. The van der Waals surface area contributed by atoms with Gasteiger partial charge in [-0.1, -0.05) is 13.0 Å². The standard InChI is InChI=1S/C14H17N3O3S/c1-3-11-5-4-6-15-13(11)14-12(10-18)9-17(16-14)7-8-21(2,19)20/h4-6,9-10H,3,7-8H2,1-2H3. The van der Waals surface area contributed by atoms with Gasteiger partial charge in [0.2, 0.25) is 0 Å². The molecule has 2 aromatic heterocycles. The molecule has 112 valence electrons. The van der Waals surface area contributed by atoms with Crippen molar-refractivity contribution in [3.8, 4) is 11.4 Å². The van der Waals surface area contributed by atoms with E-state index in [2.05, 4.69) is 10.1 Å². The molecule has 2 heterocycles. The fourth-order valence-electron chi connectivity index (χ4n) is 2.02. The Balaban J connectivity index is 2.40. The number of hydrogen-bond donors (Lipinski definition) is 0. The molecule has 0 bridgehead atoms. The largest absolute Gasteiger partial charge is 0.298 e. The lowest BCUT2D eigenvalue weighted by Crippen LogP contribution is -2.11. The van der Waals surface area contributed by atoms with Gasteiger partial charge in [0, 0.05) is 18.6 Å². The van der Waals surface area contributed by atoms with E-state index in [0.717, 1.165) is 12.0 Å². The molecule has 0 fully saturated rings. The van der Waals surface area contributed by atoms with Gasteiger partial charge in [-0.05, 0) is 18.1 Å². The van der Waals surface area contributed by atoms with Gasteiger partial charge in [-0.3, -0.25) is 14.5 Å². The molecule has 21 heavy (non-hydrogen) atoms. The second kappa shape index (κ2) is 6.17. The van der Waals surface area contributed by atoms with Crippen LogP contribution in [-0.2, 0) is 22.8 Å². The molecule has 0 aromatic carbocycles. The first-order chi connectivity index (χ1) is 9.94. The molecule has 0 unspecified atom stereocenters. The van der Waals surface area contributed by atoms with Gasteiger partial charge in [-0.25, -0.2) is 8.42 Å². The van der Waals surface area contributed by atoms with Gasteiger partial charge >= 0.3 is 0 Å². The topological polar surface area (TPSA) is 81.9 Å². The van der Waals surface area contributed by atoms with E-state index in [4.69, 9.17) is 0 Å². The smallest absolute Gasteiger partial charge is 0.153 e. The van der Waals surface area contributed by atoms with Crippen LogP contribution in [0.2, 0.25) is 0 Å². The molecule has 0 spiro atoms. The minimum Gasteiger partial charge on any atom is -0.298 e. The fourth-order valence-corrected chi connectivity index (χ4v) is 2.54. The average molecular weight is 307 g/mol. The number of rotatable bonds is 6. The van der Waals surface area contributed by atoms with E-state index in [0.29, 0.717) is 23.2 Å². The summed E-state index contributed by atoms with van der Waals surface area (Å²) in [7, 11) is -3.07. The van der Waals surface area contributed by atoms with E-state index in [-0.39, 0.29) is 12.3 Å². The first kappa shape index (κ1) is 15.4. The summed E-state index contributed by atoms with van der Waals surface area (Å²) in [5.41, 5.74) is 2.57. The molecule has 0 aliphatic heterocycles. The highest BCUT2D eigenvalue weighted by Crippen LogP contribution is 2.23. The third kappa shape index (κ3) is 3.75. The van der Waals surface area contributed by atoms with Crippen LogP contribution < -0.4 is 0 Å². The summed E-state index contributed by atoms with van der Waals surface area (Å²) in [6.07, 6.45) is 5.87. The lowest BCUT2D eigenvalue weighted by molar-refractivity contribution is 0.112. The summed E-state index contributed by atoms with van der Waals surface area (Å²) in [5, 5.41) is 4.32. The van der Waals surface area contributed by atoms with Crippen molar-refractivity contribution in [2.24, 2.45) is 0 Å². The number of aryl methyl sites for hydroxylation is 2. The van der Waals surface area contributed by atoms with E-state index in [1.165, 1.54) is 10.9 Å². The first-order valence-electron chi connectivity index (χ1n) is 6.59. The molecular weight excluding hydrogens is 290 g/mol. The summed E-state index contributed by atoms with van der Waals surface area (Å²) in [6.45, 7) is 2.22. The van der Waals surface area contributed by atoms with Crippen LogP contribution >= 0.6 is 0 Å². The van der Waals surface area contributed by atoms with E-state index >= 15 is 0 Å². The highest BCUT2D eigenvalue weighted by Gasteiger charge is 2.15. The van der Waals surface area contributed by atoms with E-state index < -0.39 is 9.84 Å². The zero-order valence-electron chi connectivity index (χ0n) is 12.0. The maximum atomic E-state index is 11.2. The van der Waals surface area contributed by atoms with E-state index in [9.17, 15) is 13.2 Å². The van der Waals surface area contributed by atoms with Crippen molar-refractivity contribution in [1.82, 2.24) is 14.8 Å². The molecule has 2 aromatic rings. The van der Waals surface area contributed by atoms with Crippen LogP contribution in [0.3, 0.4) is 0 Å². The number of carbonyl (C=O) groups excluding carboxylic acids is 1. The normalized spacial score (nSPS) is 11.5. The Hall–Kier alpha value is -2.02. The number of aldehydes is 1. The summed E-state index contributed by atoms with van der Waals surface area (Å²) >= 11 is 0. The Morgan fingerprint density at radius 3 is 2.71 bits per heavy atom. The molecule has 0 saturated carbocycles. The molecule has 0 aliphatic carbocycles. The zero-order valence-corrected chi connectivity index (χ0v) is 12.8. The molecule has 0 amide bonds. The Bertz CT molecular complexity index is 751. The van der Waals surface area contributed by atoms with Crippen LogP contribution in [0.4, 0.5) is 0 Å². The summed E-state index contributed by atoms with van der Waals surface area (Å²) in [6, 6.07) is 3.77. The molecule has 7 heteroatoms. The zero-order chi connectivity index (χ0) is 15.5. The maximum absolute atomic E-state index is 11.2. The van der Waals surface area contributed by atoms with Gasteiger partial charge in [-0.15, -0.1) is 0 Å². The van der Waals surface area contributed by atoms with Crippen LogP contribution in [0.15, 0.2) is 24.5 Å². The summed E-state index contributed by atoms with van der Waals surface area (Å²) < 4.78 is 23.9. The summed E-state index contributed by atoms with van der Waals surface area (Å²) in [5.74, 6) is -0.0186. The van der Waals surface area contributed by atoms with E-state index in [1.807, 2.05) is 19.1 Å². The Labute approximate surface area is 123 Å². The van der Waals surface area contributed by atoms with E-state index in [1.54, 1.807) is 12.4 Å². The highest BCUT2D eigenvalue weighted by atomic mass is 32.2. The third-order valence-corrected chi connectivity index (χ3v) is 4.03. The lowest BCUT2D eigenvalue weighted by Gasteiger charge is -2.04. The molecule has 0 N–H and O–H groups in total. The average Bonchev–Trinajstić information content (AvgIpc) is 2.87. The Kier molecular flexibility index (Phi) is 4.52. The van der Waals surface area contributed by atoms with Gasteiger partial charge in [0.15, 0.2) is 6.29 Å². The molecule has 6 nitrogen and oxygen atoms in total. The van der Waals surface area contributed by atoms with Crippen molar-refractivity contribution in [2.75, 3.05) is 12.0 Å². The van der Waals surface area contributed by atoms with Crippen LogP contribution in [0.25, 0.3) is 11.4 Å². The number of hydrogen-bond acceptors (Lipinski definition) is 5. The molecule has 0 aliphatic rings. The van der Waals surface area contributed by atoms with Crippen LogP contribution in [0.1, 0.15) is 22.8 Å². The number of sulfone groups is 1. The van der Waals surface area contributed by atoms with Gasteiger partial charge in [0.25, 0.3) is 0 Å². The predicted molar refractivity (Wildman–Crippen MR) is 79.9 cm³/mol. The van der Waals surface area contributed by atoms with Gasteiger partial charge in [-0.2, -0.15) is 5.10 Å². The van der Waals surface area contributed by atoms with Crippen molar-refractivity contribution < 1.29 is 13.2 Å². The van der Waals surface area contributed by atoms with Crippen molar-refractivity contribution in [3.63, 3.8) is 0 Å². The van der Waals surface area contributed by atoms with Gasteiger partial charge in [0.05, 0.1) is 23.6 Å². The molecule has 0 atom stereocenters. The molecule has 0 saturated heterocycles. The quantitative estimate of drug-likeness (QED) is 0.753. The molecular formula is C14H17N3O3S. The second-order valence-electron chi connectivity index (χ2n) is 4.81. The highest BCUT2D eigenvalue weighted by molar-refractivity contribution is 7.90. The van der Waals surface area contributed by atoms with Gasteiger partial charge < -0.3 is 0 Å². The van der Waals surface area contributed by atoms with Crippen LogP contribution in [0.5, 0.6) is 0 Å². The summed E-state index contributed by atoms with van der Waals surface area (Å²) in [4.78, 5) is 15.5. The monoisotopic (exact) mass is 307 g/mol. The molecule has 2 rings (SSSR count). The van der Waals surface area contributed by atoms with Crippen molar-refractivity contribution in [1.29, 1.82) is 0 Å². The van der Waals surface area contributed by atoms with Crippen molar-refractivity contribution >= 4 is 16.1 Å². The SMILES string of the molecule is CCc1cccnc1-c1nn(CCS(C)(=O)=O)cc1C=O. The Morgan fingerprint density at radius 2 is 2.10 bits per heavy atom. The number of pyridine rings is 1. The first-order valence-corrected chi connectivity index (χ1v) is 8.65. The predicted octanol–water partition coefficient (Wildman–Crippen LogP) is 1.36. The fraction of sp³-hybridized carbons (Fsp3) is 0.357. The second-order valence-corrected chi connectivity index (χ2v) is 7.07. The van der Waals surface area contributed by atoms with Crippen LogP contribution in [0, 0.1) is 0 Å². The third-order valence-electron chi connectivity index (χ3n) is 3.10. The van der Waals surface area contributed by atoms with Gasteiger partial charge in [0.1, 0.15) is 15.5 Å². The number of carbonyl (C=O) groups is 1. The van der Waals surface area contributed by atoms with Crippen LogP contribution in [-0.4, -0.2) is 41.5 Å². The minimum absolute atomic E-state index is 0.0186. The number of nitrogens with zero attached hydrogens (tertiary/aromatic N) is 3. The number of aromatic nitrogens is 3. The maximum Gasteiger partial charge on any atom is 0.153 e. The lowest BCUT2D eigenvalue weighted by atomic mass is 10.1. The minimum atomic E-state index is -3.07.